The molecule has 5 nitrogen and oxygen atoms in total. The highest BCUT2D eigenvalue weighted by Gasteiger charge is 2.32. The maximum absolute atomic E-state index is 5.38. The quantitative estimate of drug-likeness (QED) is 0.854. The molecule has 2 aromatic carbocycles. The second-order valence-electron chi connectivity index (χ2n) is 5.61. The van der Waals surface area contributed by atoms with Crippen molar-refractivity contribution in [2.75, 3.05) is 37.7 Å². The van der Waals surface area contributed by atoms with E-state index in [4.69, 9.17) is 9.57 Å². The number of methoxy groups -OCH3 is 1. The molecule has 0 atom stereocenters. The fraction of sp³-hybridized carbons (Fsp3) is 0.235. The van der Waals surface area contributed by atoms with E-state index in [1.807, 2.05) is 20.2 Å². The Morgan fingerprint density at radius 3 is 2.73 bits per heavy atom. The molecule has 2 aliphatic heterocycles. The molecule has 0 aliphatic carbocycles. The molecule has 0 saturated carbocycles. The van der Waals surface area contributed by atoms with Crippen molar-refractivity contribution in [1.82, 2.24) is 0 Å². The molecular weight excluding hydrogens is 278 g/mol. The van der Waals surface area contributed by atoms with Gasteiger partial charge in [-0.15, -0.1) is 0 Å². The fourth-order valence-electron chi connectivity index (χ4n) is 2.96. The van der Waals surface area contributed by atoms with Gasteiger partial charge in [-0.1, -0.05) is 11.2 Å². The summed E-state index contributed by atoms with van der Waals surface area (Å²) in [6, 6.07) is 12.5. The van der Waals surface area contributed by atoms with Gasteiger partial charge in [0.2, 0.25) is 0 Å². The second-order valence-corrected chi connectivity index (χ2v) is 5.61. The number of hydrogen-bond donors (Lipinski definition) is 0. The van der Waals surface area contributed by atoms with Crippen molar-refractivity contribution in [2.45, 2.75) is 0 Å². The molecule has 0 amide bonds. The molecule has 0 fully saturated rings. The Morgan fingerprint density at radius 2 is 1.95 bits per heavy atom. The van der Waals surface area contributed by atoms with Crippen molar-refractivity contribution in [3.8, 4) is 16.9 Å². The number of nitrogens with zero attached hydrogens (tertiary/aromatic N) is 3. The standard InChI is InChI=1S/C17H17N3O2/c1-19(2)11-4-6-13-14-9-12(21-3)5-7-16(14)20-10-22-18-17(20)15(13)8-11/h4-9H,10H2,1-3H3. The Balaban J connectivity index is 1.98. The van der Waals surface area contributed by atoms with E-state index in [2.05, 4.69) is 45.3 Å². The predicted octanol–water partition coefficient (Wildman–Crippen LogP) is 2.90. The molecule has 0 bridgehead atoms. The topological polar surface area (TPSA) is 37.3 Å². The van der Waals surface area contributed by atoms with Crippen LogP contribution in [0.25, 0.3) is 11.1 Å². The van der Waals surface area contributed by atoms with Gasteiger partial charge < -0.3 is 14.5 Å². The first-order valence-corrected chi connectivity index (χ1v) is 7.16. The summed E-state index contributed by atoms with van der Waals surface area (Å²) in [5.41, 5.74) is 5.62. The van der Waals surface area contributed by atoms with Crippen LogP contribution in [0, 0.1) is 0 Å². The van der Waals surface area contributed by atoms with E-state index in [-0.39, 0.29) is 0 Å². The minimum Gasteiger partial charge on any atom is -0.497 e. The minimum absolute atomic E-state index is 0.445. The zero-order valence-corrected chi connectivity index (χ0v) is 12.8. The summed E-state index contributed by atoms with van der Waals surface area (Å²) in [6.45, 7) is 0.445. The molecule has 0 aromatic heterocycles. The maximum Gasteiger partial charge on any atom is 0.195 e. The molecule has 112 valence electrons. The molecule has 2 aliphatic rings. The first-order valence-electron chi connectivity index (χ1n) is 7.16. The Hall–Kier alpha value is -2.69. The van der Waals surface area contributed by atoms with Crippen molar-refractivity contribution in [3.63, 3.8) is 0 Å². The molecule has 2 heterocycles. The maximum atomic E-state index is 5.38. The lowest BCUT2D eigenvalue weighted by atomic mass is 9.92. The number of anilines is 2. The first kappa shape index (κ1) is 13.0. The third-order valence-electron chi connectivity index (χ3n) is 4.14. The Bertz CT molecular complexity index is 783. The Kier molecular flexibility index (Phi) is 2.76. The van der Waals surface area contributed by atoms with Crippen molar-refractivity contribution in [1.29, 1.82) is 0 Å². The molecular formula is C17H17N3O2. The lowest BCUT2D eigenvalue weighted by molar-refractivity contribution is 0.174. The van der Waals surface area contributed by atoms with Crippen LogP contribution in [0.1, 0.15) is 5.56 Å². The molecule has 5 heteroatoms. The van der Waals surface area contributed by atoms with Gasteiger partial charge in [0.05, 0.1) is 12.8 Å². The monoisotopic (exact) mass is 295 g/mol. The highest BCUT2D eigenvalue weighted by atomic mass is 16.7. The smallest absolute Gasteiger partial charge is 0.195 e. The summed E-state index contributed by atoms with van der Waals surface area (Å²) >= 11 is 0. The highest BCUT2D eigenvalue weighted by Crippen LogP contribution is 2.43. The number of ether oxygens (including phenoxy) is 1. The van der Waals surface area contributed by atoms with E-state index in [9.17, 15) is 0 Å². The van der Waals surface area contributed by atoms with Gasteiger partial charge in [-0.25, -0.2) is 0 Å². The zero-order chi connectivity index (χ0) is 15.3. The van der Waals surface area contributed by atoms with E-state index in [1.54, 1.807) is 7.11 Å². The first-order chi connectivity index (χ1) is 10.7. The summed E-state index contributed by atoms with van der Waals surface area (Å²) in [6.07, 6.45) is 0. The molecule has 2 aromatic rings. The number of oxime groups is 1. The number of amidine groups is 1. The number of hydrogen-bond acceptors (Lipinski definition) is 5. The Morgan fingerprint density at radius 1 is 1.09 bits per heavy atom. The predicted molar refractivity (Wildman–Crippen MR) is 87.7 cm³/mol. The van der Waals surface area contributed by atoms with Crippen LogP contribution in [0.4, 0.5) is 11.4 Å². The number of fused-ring (bicyclic) bond motifs is 6. The van der Waals surface area contributed by atoms with Crippen LogP contribution in [-0.2, 0) is 4.84 Å². The van der Waals surface area contributed by atoms with Crippen LogP contribution >= 0.6 is 0 Å². The average Bonchev–Trinajstić information content (AvgIpc) is 3.03. The molecule has 0 spiro atoms. The van der Waals surface area contributed by atoms with E-state index in [0.29, 0.717) is 6.73 Å². The lowest BCUT2D eigenvalue weighted by Crippen LogP contribution is -2.31. The number of rotatable bonds is 2. The van der Waals surface area contributed by atoms with Crippen molar-refractivity contribution in [2.24, 2.45) is 5.16 Å². The third-order valence-corrected chi connectivity index (χ3v) is 4.14. The van der Waals surface area contributed by atoms with Crippen molar-refractivity contribution in [3.05, 3.63) is 42.0 Å². The van der Waals surface area contributed by atoms with Crippen LogP contribution in [0.15, 0.2) is 41.6 Å². The zero-order valence-electron chi connectivity index (χ0n) is 12.8. The van der Waals surface area contributed by atoms with Crippen LogP contribution in [0.5, 0.6) is 5.75 Å². The fourth-order valence-corrected chi connectivity index (χ4v) is 2.96. The minimum atomic E-state index is 0.445. The van der Waals surface area contributed by atoms with Gasteiger partial charge in [0.15, 0.2) is 12.6 Å². The summed E-state index contributed by atoms with van der Waals surface area (Å²) in [5, 5.41) is 4.23. The Labute approximate surface area is 129 Å². The van der Waals surface area contributed by atoms with Crippen molar-refractivity contribution >= 4 is 17.2 Å². The van der Waals surface area contributed by atoms with Gasteiger partial charge in [-0.05, 0) is 35.9 Å². The molecule has 22 heavy (non-hydrogen) atoms. The SMILES string of the molecule is COc1ccc2c(c1)-c1ccc(N(C)C)cc1C1=NOCN12. The summed E-state index contributed by atoms with van der Waals surface area (Å²) in [5.74, 6) is 1.72. The van der Waals surface area contributed by atoms with E-state index < -0.39 is 0 Å². The highest BCUT2D eigenvalue weighted by molar-refractivity contribution is 6.19. The van der Waals surface area contributed by atoms with Crippen LogP contribution < -0.4 is 14.5 Å². The molecule has 0 N–H and O–H groups in total. The van der Waals surface area contributed by atoms with E-state index >= 15 is 0 Å². The van der Waals surface area contributed by atoms with Gasteiger partial charge in [0.25, 0.3) is 0 Å². The van der Waals surface area contributed by atoms with Gasteiger partial charge in [-0.2, -0.15) is 0 Å². The second kappa shape index (κ2) is 4.66. The lowest BCUT2D eigenvalue weighted by Gasteiger charge is -2.29. The van der Waals surface area contributed by atoms with Crippen LogP contribution in [0.3, 0.4) is 0 Å². The van der Waals surface area contributed by atoms with E-state index in [1.165, 1.54) is 0 Å². The van der Waals surface area contributed by atoms with Gasteiger partial charge in [0, 0.05) is 30.9 Å². The third kappa shape index (κ3) is 1.75. The molecule has 4 rings (SSSR count). The van der Waals surface area contributed by atoms with Crippen molar-refractivity contribution < 1.29 is 9.57 Å². The van der Waals surface area contributed by atoms with Gasteiger partial charge in [-0.3, -0.25) is 4.90 Å². The van der Waals surface area contributed by atoms with Crippen LogP contribution in [0.2, 0.25) is 0 Å². The number of benzene rings is 2. The molecule has 0 saturated heterocycles. The van der Waals surface area contributed by atoms with Crippen LogP contribution in [-0.4, -0.2) is 33.8 Å². The summed E-state index contributed by atoms with van der Waals surface area (Å²) in [7, 11) is 5.75. The largest absolute Gasteiger partial charge is 0.497 e. The van der Waals surface area contributed by atoms with Gasteiger partial charge in [0.1, 0.15) is 5.75 Å². The molecule has 0 radical (unpaired) electrons. The molecule has 0 unspecified atom stereocenters. The van der Waals surface area contributed by atoms with Gasteiger partial charge >= 0.3 is 0 Å². The summed E-state index contributed by atoms with van der Waals surface area (Å²) in [4.78, 5) is 9.51. The normalized spacial score (nSPS) is 14.5. The summed E-state index contributed by atoms with van der Waals surface area (Å²) < 4.78 is 5.38. The average molecular weight is 295 g/mol. The van der Waals surface area contributed by atoms with E-state index in [0.717, 1.165) is 39.7 Å².